The lowest BCUT2D eigenvalue weighted by molar-refractivity contribution is 0.0839. The average Bonchev–Trinajstić information content (AvgIpc) is 3.19. The maximum absolute atomic E-state index is 12.1. The Bertz CT molecular complexity index is 888. The summed E-state index contributed by atoms with van der Waals surface area (Å²) in [6, 6.07) is 10.6. The Kier molecular flexibility index (Phi) is 4.34. The third-order valence-corrected chi connectivity index (χ3v) is 3.57. The lowest BCUT2D eigenvalue weighted by atomic mass is 10.3. The van der Waals surface area contributed by atoms with E-state index < -0.39 is 11.8 Å². The quantitative estimate of drug-likeness (QED) is 0.511. The largest absolute Gasteiger partial charge is 0.504 e. The van der Waals surface area contributed by atoms with E-state index in [1.807, 2.05) is 18.2 Å². The van der Waals surface area contributed by atoms with Crippen LogP contribution in [0.25, 0.3) is 5.69 Å². The zero-order valence-electron chi connectivity index (χ0n) is 12.2. The molecular weight excluding hydrogens is 378 g/mol. The van der Waals surface area contributed by atoms with Gasteiger partial charge in [0.2, 0.25) is 0 Å². The van der Waals surface area contributed by atoms with Crippen LogP contribution in [-0.2, 0) is 0 Å². The van der Waals surface area contributed by atoms with Crippen LogP contribution in [0, 0.1) is 0 Å². The lowest BCUT2D eigenvalue weighted by Crippen LogP contribution is -2.42. The van der Waals surface area contributed by atoms with Gasteiger partial charge in [0.15, 0.2) is 11.4 Å². The fourth-order valence-corrected chi connectivity index (χ4v) is 2.32. The second kappa shape index (κ2) is 6.59. The molecule has 0 atom stereocenters. The summed E-state index contributed by atoms with van der Waals surface area (Å²) in [6.45, 7) is 0. The molecule has 0 saturated heterocycles. The van der Waals surface area contributed by atoms with Crippen molar-refractivity contribution in [3.05, 3.63) is 64.7 Å². The van der Waals surface area contributed by atoms with Crippen molar-refractivity contribution in [3.63, 3.8) is 0 Å². The number of benzene rings is 1. The van der Waals surface area contributed by atoms with Crippen LogP contribution in [0.1, 0.15) is 21.0 Å². The van der Waals surface area contributed by atoms with Crippen molar-refractivity contribution in [1.29, 1.82) is 0 Å². The molecule has 0 spiro atoms. The fraction of sp³-hybridized carbons (Fsp3) is 0. The molecule has 2 amide bonds. The molecule has 0 unspecified atom stereocenters. The van der Waals surface area contributed by atoms with Gasteiger partial charge in [-0.3, -0.25) is 20.4 Å². The van der Waals surface area contributed by atoms with Crippen LogP contribution >= 0.6 is 15.9 Å². The normalized spacial score (nSPS) is 10.4. The fourth-order valence-electron chi connectivity index (χ4n) is 1.98. The number of hydrazine groups is 1. The summed E-state index contributed by atoms with van der Waals surface area (Å²) in [5.74, 6) is -1.56. The molecule has 2 heterocycles. The van der Waals surface area contributed by atoms with Crippen molar-refractivity contribution < 1.29 is 14.7 Å². The van der Waals surface area contributed by atoms with Gasteiger partial charge in [0.1, 0.15) is 5.69 Å². The monoisotopic (exact) mass is 389 g/mol. The third-order valence-electron chi connectivity index (χ3n) is 3.11. The number of H-pyrrole nitrogens is 1. The molecule has 3 aromatic rings. The van der Waals surface area contributed by atoms with E-state index in [-0.39, 0.29) is 17.1 Å². The van der Waals surface area contributed by atoms with Gasteiger partial charge < -0.3 is 10.1 Å². The molecule has 8 nitrogen and oxygen atoms in total. The van der Waals surface area contributed by atoms with Crippen molar-refractivity contribution in [2.75, 3.05) is 0 Å². The molecule has 2 aromatic heterocycles. The van der Waals surface area contributed by atoms with Crippen molar-refractivity contribution >= 4 is 27.7 Å². The van der Waals surface area contributed by atoms with Crippen molar-refractivity contribution in [2.24, 2.45) is 0 Å². The predicted molar refractivity (Wildman–Crippen MR) is 88.7 cm³/mol. The Balaban J connectivity index is 1.69. The first-order valence-electron chi connectivity index (χ1n) is 6.83. The molecule has 4 N–H and O–H groups in total. The maximum atomic E-state index is 12.1. The number of halogens is 1. The number of rotatable bonds is 3. The molecule has 0 aliphatic rings. The van der Waals surface area contributed by atoms with Crippen molar-refractivity contribution in [2.45, 2.75) is 0 Å². The minimum absolute atomic E-state index is 0.202. The maximum Gasteiger partial charge on any atom is 0.294 e. The van der Waals surface area contributed by atoms with Gasteiger partial charge in [-0.1, -0.05) is 18.2 Å². The molecule has 0 fully saturated rings. The first kappa shape index (κ1) is 15.8. The Labute approximate surface area is 144 Å². The van der Waals surface area contributed by atoms with E-state index in [9.17, 15) is 14.7 Å². The smallest absolute Gasteiger partial charge is 0.294 e. The number of carbonyl (C=O) groups excluding carboxylic acids is 2. The van der Waals surface area contributed by atoms with Gasteiger partial charge >= 0.3 is 0 Å². The first-order valence-corrected chi connectivity index (χ1v) is 7.62. The minimum atomic E-state index is -0.735. The summed E-state index contributed by atoms with van der Waals surface area (Å²) in [5, 5.41) is 13.9. The van der Waals surface area contributed by atoms with Crippen LogP contribution in [0.5, 0.6) is 5.75 Å². The van der Waals surface area contributed by atoms with Crippen molar-refractivity contribution in [1.82, 2.24) is 25.6 Å². The molecule has 0 aliphatic carbocycles. The van der Waals surface area contributed by atoms with E-state index in [2.05, 4.69) is 36.9 Å². The molecule has 122 valence electrons. The van der Waals surface area contributed by atoms with Gasteiger partial charge in [0, 0.05) is 10.7 Å². The lowest BCUT2D eigenvalue weighted by Gasteiger charge is -2.04. The minimum Gasteiger partial charge on any atom is -0.504 e. The SMILES string of the molecule is O=C(NNC(=O)c1nn(-c2ccccc2)cc1O)c1cc(Br)c[nH]1. The van der Waals surface area contributed by atoms with Crippen LogP contribution in [0.2, 0.25) is 0 Å². The van der Waals surface area contributed by atoms with E-state index in [0.717, 1.165) is 0 Å². The number of nitrogens with one attached hydrogen (secondary N) is 3. The molecular formula is C15H12BrN5O3. The van der Waals surface area contributed by atoms with E-state index >= 15 is 0 Å². The number of aromatic amines is 1. The zero-order chi connectivity index (χ0) is 17.1. The highest BCUT2D eigenvalue weighted by Gasteiger charge is 2.18. The number of hydrogen-bond donors (Lipinski definition) is 4. The van der Waals surface area contributed by atoms with Crippen LogP contribution in [-0.4, -0.2) is 31.7 Å². The number of carbonyl (C=O) groups is 2. The molecule has 9 heteroatoms. The van der Waals surface area contributed by atoms with E-state index in [0.29, 0.717) is 10.2 Å². The summed E-state index contributed by atoms with van der Waals surface area (Å²) in [6.07, 6.45) is 2.90. The number of hydrogen-bond acceptors (Lipinski definition) is 4. The van der Waals surface area contributed by atoms with Gasteiger partial charge in [-0.15, -0.1) is 0 Å². The molecule has 0 bridgehead atoms. The highest BCUT2D eigenvalue weighted by atomic mass is 79.9. The summed E-state index contributed by atoms with van der Waals surface area (Å²) in [4.78, 5) is 26.6. The van der Waals surface area contributed by atoms with Gasteiger partial charge in [0.25, 0.3) is 11.8 Å². The number of aromatic nitrogens is 3. The Morgan fingerprint density at radius 2 is 1.88 bits per heavy atom. The third kappa shape index (κ3) is 3.30. The zero-order valence-corrected chi connectivity index (χ0v) is 13.7. The first-order chi connectivity index (χ1) is 11.5. The molecule has 24 heavy (non-hydrogen) atoms. The number of nitrogens with zero attached hydrogens (tertiary/aromatic N) is 2. The number of para-hydroxylation sites is 1. The van der Waals surface area contributed by atoms with Gasteiger partial charge in [-0.05, 0) is 34.1 Å². The van der Waals surface area contributed by atoms with E-state index in [4.69, 9.17) is 0 Å². The van der Waals surface area contributed by atoms with Gasteiger partial charge in [-0.25, -0.2) is 4.68 Å². The van der Waals surface area contributed by atoms with Gasteiger partial charge in [-0.2, -0.15) is 5.10 Å². The molecule has 0 saturated carbocycles. The predicted octanol–water partition coefficient (Wildman–Crippen LogP) is 1.74. The standard InChI is InChI=1S/C15H12BrN5O3/c16-9-6-11(17-7-9)14(23)18-19-15(24)13-12(22)8-21(20-13)10-4-2-1-3-5-10/h1-8,17,22H,(H,18,23)(H,19,24). The molecule has 0 radical (unpaired) electrons. The molecule has 0 aliphatic heterocycles. The summed E-state index contributed by atoms with van der Waals surface area (Å²) < 4.78 is 2.08. The number of amides is 2. The second-order valence-electron chi connectivity index (χ2n) is 4.78. The van der Waals surface area contributed by atoms with Crippen LogP contribution in [0.4, 0.5) is 0 Å². The van der Waals surface area contributed by atoms with Crippen LogP contribution in [0.15, 0.2) is 53.3 Å². The average molecular weight is 390 g/mol. The number of aromatic hydroxyl groups is 1. The van der Waals surface area contributed by atoms with Crippen molar-refractivity contribution in [3.8, 4) is 11.4 Å². The summed E-state index contributed by atoms with van der Waals surface area (Å²) >= 11 is 3.21. The van der Waals surface area contributed by atoms with E-state index in [1.54, 1.807) is 24.4 Å². The Morgan fingerprint density at radius 3 is 2.54 bits per heavy atom. The molecule has 1 aromatic carbocycles. The highest BCUT2D eigenvalue weighted by Crippen LogP contribution is 2.17. The van der Waals surface area contributed by atoms with Crippen LogP contribution in [0.3, 0.4) is 0 Å². The second-order valence-corrected chi connectivity index (χ2v) is 5.70. The summed E-state index contributed by atoms with van der Waals surface area (Å²) in [7, 11) is 0. The summed E-state index contributed by atoms with van der Waals surface area (Å²) in [5.41, 5.74) is 5.19. The Hall–Kier alpha value is -3.07. The molecule has 3 rings (SSSR count). The van der Waals surface area contributed by atoms with E-state index in [1.165, 1.54) is 10.9 Å². The van der Waals surface area contributed by atoms with Gasteiger partial charge in [0.05, 0.1) is 11.9 Å². The Morgan fingerprint density at radius 1 is 1.17 bits per heavy atom. The highest BCUT2D eigenvalue weighted by molar-refractivity contribution is 9.10. The van der Waals surface area contributed by atoms with Crippen LogP contribution < -0.4 is 10.9 Å². The topological polar surface area (TPSA) is 112 Å².